The number of carbonyl (C=O) groups is 1. The van der Waals surface area contributed by atoms with Gasteiger partial charge in [0.15, 0.2) is 0 Å². The van der Waals surface area contributed by atoms with Gasteiger partial charge in [-0.1, -0.05) is 35.1 Å². The van der Waals surface area contributed by atoms with Crippen molar-refractivity contribution in [3.05, 3.63) is 64.3 Å². The maximum atomic E-state index is 12.6. The summed E-state index contributed by atoms with van der Waals surface area (Å²) in [6.45, 7) is 4.53. The van der Waals surface area contributed by atoms with Crippen molar-refractivity contribution >= 4 is 44.9 Å². The number of benzene rings is 2. The van der Waals surface area contributed by atoms with Crippen LogP contribution in [0, 0.1) is 6.92 Å². The molecule has 2 aromatic carbocycles. The number of nitrogens with zero attached hydrogens (tertiary/aromatic N) is 3. The first-order chi connectivity index (χ1) is 14.5. The van der Waals surface area contributed by atoms with Crippen molar-refractivity contribution in [2.75, 3.05) is 11.9 Å². The number of nitrogens with one attached hydrogen (secondary N) is 1. The zero-order chi connectivity index (χ0) is 20.8. The van der Waals surface area contributed by atoms with Crippen molar-refractivity contribution in [3.8, 4) is 10.9 Å². The van der Waals surface area contributed by atoms with Gasteiger partial charge in [0.1, 0.15) is 11.6 Å². The van der Waals surface area contributed by atoms with Crippen LogP contribution < -0.4 is 10.1 Å². The summed E-state index contributed by atoms with van der Waals surface area (Å²) in [6, 6.07) is 13.5. The second kappa shape index (κ2) is 7.41. The first kappa shape index (κ1) is 19.1. The van der Waals surface area contributed by atoms with Crippen LogP contribution in [0.4, 0.5) is 5.82 Å². The van der Waals surface area contributed by atoms with E-state index in [4.69, 9.17) is 26.4 Å². The number of halogens is 1. The summed E-state index contributed by atoms with van der Waals surface area (Å²) in [5.41, 5.74) is 3.75. The molecule has 0 radical (unpaired) electrons. The van der Waals surface area contributed by atoms with Crippen LogP contribution >= 0.6 is 22.9 Å². The van der Waals surface area contributed by atoms with Gasteiger partial charge >= 0.3 is 0 Å². The molecule has 152 valence electrons. The molecule has 0 unspecified atom stereocenters. The highest BCUT2D eigenvalue weighted by Crippen LogP contribution is 2.41. The molecule has 3 heterocycles. The summed E-state index contributed by atoms with van der Waals surface area (Å²) in [5.74, 6) is 1.35. The number of thiazole rings is 1. The molecule has 1 amide bonds. The molecule has 4 aromatic rings. The lowest BCUT2D eigenvalue weighted by Gasteiger charge is -2.24. The fourth-order valence-corrected chi connectivity index (χ4v) is 5.08. The summed E-state index contributed by atoms with van der Waals surface area (Å²) in [7, 11) is 0. The van der Waals surface area contributed by atoms with Crippen molar-refractivity contribution in [2.45, 2.75) is 26.2 Å². The highest BCUT2D eigenvalue weighted by Gasteiger charge is 2.33. The summed E-state index contributed by atoms with van der Waals surface area (Å²) < 4.78 is 8.35. The number of hydrogen-bond donors (Lipinski definition) is 1. The quantitative estimate of drug-likeness (QED) is 0.468. The number of rotatable bonds is 4. The second-order valence-corrected chi connectivity index (χ2v) is 8.62. The van der Waals surface area contributed by atoms with Crippen LogP contribution in [0.25, 0.3) is 15.3 Å². The minimum absolute atomic E-state index is 0.0478. The van der Waals surface area contributed by atoms with Crippen molar-refractivity contribution in [1.29, 1.82) is 0 Å². The third kappa shape index (κ3) is 3.24. The Morgan fingerprint density at radius 1 is 1.30 bits per heavy atom. The minimum atomic E-state index is -0.0971. The fraction of sp³-hybridized carbons (Fsp3) is 0.227. The second-order valence-electron chi connectivity index (χ2n) is 7.18. The van der Waals surface area contributed by atoms with Crippen LogP contribution in [-0.2, 0) is 4.79 Å². The van der Waals surface area contributed by atoms with Gasteiger partial charge in [-0.2, -0.15) is 9.78 Å². The summed E-state index contributed by atoms with van der Waals surface area (Å²) in [4.78, 5) is 17.3. The largest absolute Gasteiger partial charge is 0.494 e. The number of carbonyl (C=O) groups excluding carboxylic acids is 1. The molecule has 5 rings (SSSR count). The van der Waals surface area contributed by atoms with E-state index in [1.807, 2.05) is 56.3 Å². The lowest BCUT2D eigenvalue weighted by molar-refractivity contribution is -0.116. The van der Waals surface area contributed by atoms with E-state index in [-0.39, 0.29) is 11.8 Å². The molecule has 1 N–H and O–H groups in total. The third-order valence-electron chi connectivity index (χ3n) is 5.19. The minimum Gasteiger partial charge on any atom is -0.494 e. The number of hydrogen-bond acceptors (Lipinski definition) is 5. The Morgan fingerprint density at radius 3 is 2.97 bits per heavy atom. The van der Waals surface area contributed by atoms with Crippen molar-refractivity contribution in [3.63, 3.8) is 0 Å². The highest BCUT2D eigenvalue weighted by molar-refractivity contribution is 7.20. The van der Waals surface area contributed by atoms with Crippen molar-refractivity contribution in [2.24, 2.45) is 0 Å². The molecule has 6 nitrogen and oxygen atoms in total. The Kier molecular flexibility index (Phi) is 4.72. The number of ether oxygens (including phenoxy) is 1. The van der Waals surface area contributed by atoms with Gasteiger partial charge in [-0.15, -0.1) is 0 Å². The van der Waals surface area contributed by atoms with Crippen LogP contribution in [0.5, 0.6) is 5.75 Å². The Balaban J connectivity index is 1.63. The molecule has 0 saturated heterocycles. The fourth-order valence-electron chi connectivity index (χ4n) is 3.93. The Hall–Kier alpha value is -2.90. The highest BCUT2D eigenvalue weighted by atomic mass is 35.5. The van der Waals surface area contributed by atoms with Gasteiger partial charge in [0.05, 0.1) is 22.5 Å². The number of anilines is 1. The van der Waals surface area contributed by atoms with E-state index in [2.05, 4.69) is 5.32 Å². The predicted molar refractivity (Wildman–Crippen MR) is 119 cm³/mol. The Labute approximate surface area is 182 Å². The van der Waals surface area contributed by atoms with Crippen molar-refractivity contribution in [1.82, 2.24) is 14.8 Å². The van der Waals surface area contributed by atoms with Gasteiger partial charge in [-0.25, -0.2) is 4.98 Å². The molecule has 8 heteroatoms. The zero-order valence-electron chi connectivity index (χ0n) is 16.5. The predicted octanol–water partition coefficient (Wildman–Crippen LogP) is 5.32. The van der Waals surface area contributed by atoms with Gasteiger partial charge in [0.2, 0.25) is 11.0 Å². The standard InChI is InChI=1S/C22H19ClN4O2S/c1-3-29-15-7-8-17-18(10-15)30-22(24-17)27-21-20(12(2)26-27)16(11-19(28)25-21)13-5-4-6-14(23)9-13/h4-10,16H,3,11H2,1-2H3,(H,25,28)/t16-/m0/s1. The number of amides is 1. The monoisotopic (exact) mass is 438 g/mol. The van der Waals surface area contributed by atoms with Gasteiger partial charge < -0.3 is 10.1 Å². The molecule has 1 atom stereocenters. The van der Waals surface area contributed by atoms with Gasteiger partial charge in [0.25, 0.3) is 0 Å². The van der Waals surface area contributed by atoms with Crippen molar-refractivity contribution < 1.29 is 9.53 Å². The van der Waals surface area contributed by atoms with E-state index in [9.17, 15) is 4.79 Å². The maximum absolute atomic E-state index is 12.6. The average Bonchev–Trinajstić information content (AvgIpc) is 3.28. The molecule has 0 spiro atoms. The van der Waals surface area contributed by atoms with Crippen LogP contribution in [-0.4, -0.2) is 27.3 Å². The van der Waals surface area contributed by atoms with Gasteiger partial charge in [0, 0.05) is 22.9 Å². The maximum Gasteiger partial charge on any atom is 0.226 e. The Morgan fingerprint density at radius 2 is 2.17 bits per heavy atom. The summed E-state index contributed by atoms with van der Waals surface area (Å²) in [5, 5.41) is 9.10. The molecule has 30 heavy (non-hydrogen) atoms. The molecular formula is C22H19ClN4O2S. The van der Waals surface area contributed by atoms with E-state index in [0.717, 1.165) is 32.8 Å². The molecule has 0 fully saturated rings. The molecule has 2 aromatic heterocycles. The summed E-state index contributed by atoms with van der Waals surface area (Å²) in [6.07, 6.45) is 0.359. The van der Waals surface area contributed by atoms with E-state index in [1.165, 1.54) is 11.3 Å². The van der Waals surface area contributed by atoms with Crippen LogP contribution in [0.15, 0.2) is 42.5 Å². The van der Waals surface area contributed by atoms with Crippen LogP contribution in [0.1, 0.15) is 36.1 Å². The Bertz CT molecular complexity index is 1280. The molecule has 1 aliphatic heterocycles. The molecule has 0 bridgehead atoms. The van der Waals surface area contributed by atoms with Crippen LogP contribution in [0.2, 0.25) is 5.02 Å². The normalized spacial score (nSPS) is 15.8. The number of fused-ring (bicyclic) bond motifs is 2. The number of aromatic nitrogens is 3. The van der Waals surface area contributed by atoms with Gasteiger partial charge in [-0.05, 0) is 49.7 Å². The first-order valence-corrected chi connectivity index (χ1v) is 10.9. The number of aryl methyl sites for hydroxylation is 1. The molecular weight excluding hydrogens is 420 g/mol. The average molecular weight is 439 g/mol. The smallest absolute Gasteiger partial charge is 0.226 e. The lowest BCUT2D eigenvalue weighted by Crippen LogP contribution is -2.24. The SMILES string of the molecule is CCOc1ccc2nc(-n3nc(C)c4c3NC(=O)C[C@H]4c3cccc(Cl)c3)sc2c1. The molecule has 0 saturated carbocycles. The zero-order valence-corrected chi connectivity index (χ0v) is 18.0. The van der Waals surface area contributed by atoms with Gasteiger partial charge in [-0.3, -0.25) is 4.79 Å². The molecule has 1 aliphatic rings. The first-order valence-electron chi connectivity index (χ1n) is 9.72. The summed E-state index contributed by atoms with van der Waals surface area (Å²) >= 11 is 7.72. The topological polar surface area (TPSA) is 69.0 Å². The molecule has 0 aliphatic carbocycles. The van der Waals surface area contributed by atoms with Crippen LogP contribution in [0.3, 0.4) is 0 Å². The van der Waals surface area contributed by atoms with E-state index in [1.54, 1.807) is 4.68 Å². The van der Waals surface area contributed by atoms with E-state index >= 15 is 0 Å². The third-order valence-corrected chi connectivity index (χ3v) is 6.42. The lowest BCUT2D eigenvalue weighted by atomic mass is 9.86. The van der Waals surface area contributed by atoms with E-state index < -0.39 is 0 Å². The van der Waals surface area contributed by atoms with E-state index in [0.29, 0.717) is 29.0 Å².